The number of hydrogen-bond acceptors (Lipinski definition) is 5. The summed E-state index contributed by atoms with van der Waals surface area (Å²) >= 11 is 0. The second-order valence-electron chi connectivity index (χ2n) is 8.11. The molecular weight excluding hydrogens is 410 g/mol. The van der Waals surface area contributed by atoms with Crippen molar-refractivity contribution >= 4 is 11.9 Å². The van der Waals surface area contributed by atoms with Gasteiger partial charge in [-0.15, -0.1) is 0 Å². The molecule has 1 amide bonds. The van der Waals surface area contributed by atoms with Crippen molar-refractivity contribution in [1.29, 1.82) is 0 Å². The monoisotopic (exact) mass is 437 g/mol. The molecule has 0 aliphatic rings. The van der Waals surface area contributed by atoms with E-state index in [4.69, 9.17) is 4.98 Å². The topological polar surface area (TPSA) is 71.0 Å². The quantitative estimate of drug-likeness (QED) is 0.454. The van der Waals surface area contributed by atoms with Gasteiger partial charge in [0.2, 0.25) is 11.9 Å². The van der Waals surface area contributed by atoms with Gasteiger partial charge in [-0.05, 0) is 35.7 Å². The number of amides is 1. The van der Waals surface area contributed by atoms with E-state index in [0.29, 0.717) is 12.5 Å². The second-order valence-corrected chi connectivity index (χ2v) is 8.11. The minimum atomic E-state index is -0.195. The second kappa shape index (κ2) is 10.0. The van der Waals surface area contributed by atoms with Crippen molar-refractivity contribution in [2.75, 3.05) is 19.0 Å². The number of nitrogens with zero attached hydrogens (tertiary/aromatic N) is 4. The zero-order valence-corrected chi connectivity index (χ0v) is 19.1. The van der Waals surface area contributed by atoms with Crippen LogP contribution in [0, 0.1) is 0 Å². The van der Waals surface area contributed by atoms with Crippen LogP contribution in [-0.2, 0) is 11.3 Å². The fourth-order valence-electron chi connectivity index (χ4n) is 3.57. The average Bonchev–Trinajstić information content (AvgIpc) is 2.87. The Bertz CT molecular complexity index is 1210. The minimum Gasteiger partial charge on any atom is -0.352 e. The molecule has 4 aromatic rings. The van der Waals surface area contributed by atoms with Gasteiger partial charge in [-0.1, -0.05) is 54.6 Å². The molecule has 6 nitrogen and oxygen atoms in total. The van der Waals surface area contributed by atoms with E-state index in [1.807, 2.05) is 98.8 Å². The molecule has 1 N–H and O–H groups in total. The predicted octanol–water partition coefficient (Wildman–Crippen LogP) is 4.69. The van der Waals surface area contributed by atoms with Crippen LogP contribution in [0.4, 0.5) is 5.95 Å². The molecule has 1 atom stereocenters. The number of nitrogens with one attached hydrogen (secondary N) is 1. The number of anilines is 1. The summed E-state index contributed by atoms with van der Waals surface area (Å²) in [4.78, 5) is 27.9. The Morgan fingerprint density at radius 3 is 2.30 bits per heavy atom. The van der Waals surface area contributed by atoms with Gasteiger partial charge in [0, 0.05) is 50.4 Å². The lowest BCUT2D eigenvalue weighted by Crippen LogP contribution is -2.27. The van der Waals surface area contributed by atoms with E-state index in [9.17, 15) is 4.79 Å². The number of carbonyl (C=O) groups is 1. The lowest BCUT2D eigenvalue weighted by molar-refractivity contribution is -0.122. The van der Waals surface area contributed by atoms with Crippen LogP contribution in [0.15, 0.2) is 85.3 Å². The summed E-state index contributed by atoms with van der Waals surface area (Å²) in [5, 5.41) is 3.04. The normalized spacial score (nSPS) is 11.6. The first kappa shape index (κ1) is 22.1. The molecule has 4 rings (SSSR count). The van der Waals surface area contributed by atoms with E-state index in [-0.39, 0.29) is 11.8 Å². The van der Waals surface area contributed by atoms with Crippen molar-refractivity contribution < 1.29 is 4.79 Å². The number of benzene rings is 2. The van der Waals surface area contributed by atoms with E-state index in [2.05, 4.69) is 15.3 Å². The van der Waals surface area contributed by atoms with Crippen LogP contribution in [0.2, 0.25) is 0 Å². The maximum absolute atomic E-state index is 12.6. The first-order chi connectivity index (χ1) is 16.0. The van der Waals surface area contributed by atoms with Crippen molar-refractivity contribution in [1.82, 2.24) is 20.3 Å². The molecule has 6 heteroatoms. The van der Waals surface area contributed by atoms with Gasteiger partial charge >= 0.3 is 0 Å². The molecule has 33 heavy (non-hydrogen) atoms. The molecule has 166 valence electrons. The Morgan fingerprint density at radius 1 is 0.939 bits per heavy atom. The first-order valence-electron chi connectivity index (χ1n) is 10.9. The van der Waals surface area contributed by atoms with Gasteiger partial charge in [-0.3, -0.25) is 9.78 Å². The van der Waals surface area contributed by atoms with Gasteiger partial charge < -0.3 is 10.2 Å². The van der Waals surface area contributed by atoms with Crippen LogP contribution in [0.25, 0.3) is 22.4 Å². The highest BCUT2D eigenvalue weighted by molar-refractivity contribution is 5.83. The number of rotatable bonds is 7. The predicted molar refractivity (Wildman–Crippen MR) is 132 cm³/mol. The highest BCUT2D eigenvalue weighted by Crippen LogP contribution is 2.31. The molecule has 0 aliphatic heterocycles. The van der Waals surface area contributed by atoms with Gasteiger partial charge in [-0.25, -0.2) is 9.97 Å². The van der Waals surface area contributed by atoms with Crippen molar-refractivity contribution in [3.05, 3.63) is 96.4 Å². The van der Waals surface area contributed by atoms with Crippen LogP contribution < -0.4 is 10.2 Å². The number of pyridine rings is 1. The van der Waals surface area contributed by atoms with E-state index in [1.54, 1.807) is 12.4 Å². The number of carbonyl (C=O) groups excluding carboxylic acids is 1. The Labute approximate surface area is 194 Å². The van der Waals surface area contributed by atoms with Crippen LogP contribution >= 0.6 is 0 Å². The maximum atomic E-state index is 12.6. The third-order valence-corrected chi connectivity index (χ3v) is 5.55. The maximum Gasteiger partial charge on any atom is 0.227 e. The van der Waals surface area contributed by atoms with E-state index >= 15 is 0 Å². The third-order valence-electron chi connectivity index (χ3n) is 5.55. The largest absolute Gasteiger partial charge is 0.352 e. The first-order valence-corrected chi connectivity index (χ1v) is 10.9. The molecule has 0 saturated heterocycles. The van der Waals surface area contributed by atoms with Crippen LogP contribution in [0.5, 0.6) is 0 Å². The summed E-state index contributed by atoms with van der Waals surface area (Å²) < 4.78 is 0. The fourth-order valence-corrected chi connectivity index (χ4v) is 3.57. The molecule has 0 spiro atoms. The molecule has 2 aromatic heterocycles. The SMILES string of the molecule is C[C@@H](C(=O)NCc1ccc(-c2nc(N(C)C)ncc2-c2ccncc2)cc1)c1ccccc1. The van der Waals surface area contributed by atoms with E-state index < -0.39 is 0 Å². The van der Waals surface area contributed by atoms with E-state index in [1.165, 1.54) is 0 Å². The van der Waals surface area contributed by atoms with E-state index in [0.717, 1.165) is 33.5 Å². The highest BCUT2D eigenvalue weighted by atomic mass is 16.1. The molecule has 0 fully saturated rings. The van der Waals surface area contributed by atoms with Crippen LogP contribution in [0.1, 0.15) is 24.0 Å². The van der Waals surface area contributed by atoms with Gasteiger partial charge in [-0.2, -0.15) is 0 Å². The third kappa shape index (κ3) is 5.23. The van der Waals surface area contributed by atoms with Gasteiger partial charge in [0.05, 0.1) is 11.6 Å². The summed E-state index contributed by atoms with van der Waals surface area (Å²) in [5.74, 6) is 0.463. The molecular formula is C27H27N5O. The summed E-state index contributed by atoms with van der Waals surface area (Å²) in [6.45, 7) is 2.39. The van der Waals surface area contributed by atoms with Gasteiger partial charge in [0.1, 0.15) is 0 Å². The summed E-state index contributed by atoms with van der Waals surface area (Å²) in [6, 6.07) is 21.8. The standard InChI is InChI=1S/C27H27N5O/c1-19(21-7-5-4-6-8-21)26(33)29-17-20-9-11-23(12-10-20)25-24(22-13-15-28-16-14-22)18-30-27(31-25)32(2)3/h4-16,18-19H,17H2,1-3H3,(H,29,33)/t19-/m1/s1. The van der Waals surface area contributed by atoms with Crippen molar-refractivity contribution in [3.8, 4) is 22.4 Å². The lowest BCUT2D eigenvalue weighted by atomic mass is 10.00. The fraction of sp³-hybridized carbons (Fsp3) is 0.185. The molecule has 0 aliphatic carbocycles. The lowest BCUT2D eigenvalue weighted by Gasteiger charge is -2.15. The minimum absolute atomic E-state index is 0.0108. The molecule has 2 aromatic carbocycles. The van der Waals surface area contributed by atoms with Crippen molar-refractivity contribution in [2.24, 2.45) is 0 Å². The Kier molecular flexibility index (Phi) is 6.74. The average molecular weight is 438 g/mol. The summed E-state index contributed by atoms with van der Waals surface area (Å²) in [5.41, 5.74) is 5.83. The molecule has 2 heterocycles. The number of aromatic nitrogens is 3. The van der Waals surface area contributed by atoms with Crippen LogP contribution in [0.3, 0.4) is 0 Å². The van der Waals surface area contributed by atoms with Crippen LogP contribution in [-0.4, -0.2) is 35.0 Å². The number of hydrogen-bond donors (Lipinski definition) is 1. The smallest absolute Gasteiger partial charge is 0.227 e. The molecule has 0 radical (unpaired) electrons. The zero-order chi connectivity index (χ0) is 23.2. The van der Waals surface area contributed by atoms with Gasteiger partial charge in [0.25, 0.3) is 0 Å². The Morgan fingerprint density at radius 2 is 1.64 bits per heavy atom. The Balaban J connectivity index is 1.53. The van der Waals surface area contributed by atoms with Gasteiger partial charge in [0.15, 0.2) is 0 Å². The molecule has 0 saturated carbocycles. The Hall–Kier alpha value is -4.06. The van der Waals surface area contributed by atoms with Crippen molar-refractivity contribution in [2.45, 2.75) is 19.4 Å². The summed E-state index contributed by atoms with van der Waals surface area (Å²) in [6.07, 6.45) is 5.38. The van der Waals surface area contributed by atoms with Crippen molar-refractivity contribution in [3.63, 3.8) is 0 Å². The zero-order valence-electron chi connectivity index (χ0n) is 19.1. The summed E-state index contributed by atoms with van der Waals surface area (Å²) in [7, 11) is 3.85. The highest BCUT2D eigenvalue weighted by Gasteiger charge is 2.15. The molecule has 0 unspecified atom stereocenters. The molecule has 0 bridgehead atoms.